The van der Waals surface area contributed by atoms with Gasteiger partial charge in [0.25, 0.3) is 0 Å². The fraction of sp³-hybridized carbons (Fsp3) is 0.562. The third kappa shape index (κ3) is 3.35. The van der Waals surface area contributed by atoms with Crippen molar-refractivity contribution < 1.29 is 9.53 Å². The first-order valence-corrected chi connectivity index (χ1v) is 6.86. The lowest BCUT2D eigenvalue weighted by Crippen LogP contribution is -2.44. The van der Waals surface area contributed by atoms with Crippen LogP contribution in [0.25, 0.3) is 0 Å². The smallest absolute Gasteiger partial charge is 0.323 e. The van der Waals surface area contributed by atoms with Crippen LogP contribution in [-0.2, 0) is 15.1 Å². The molecule has 1 N–H and O–H groups in total. The Balaban J connectivity index is 2.06. The van der Waals surface area contributed by atoms with Gasteiger partial charge in [0.15, 0.2) is 0 Å². The van der Waals surface area contributed by atoms with Crippen molar-refractivity contribution in [2.24, 2.45) is 0 Å². The number of hydrogen-bond acceptors (Lipinski definition) is 3. The summed E-state index contributed by atoms with van der Waals surface area (Å²) in [6.07, 6.45) is 1.77. The minimum atomic E-state index is -0.426. The van der Waals surface area contributed by atoms with Gasteiger partial charge in [-0.25, -0.2) is 0 Å². The van der Waals surface area contributed by atoms with E-state index in [0.717, 1.165) is 12.8 Å². The second kappa shape index (κ2) is 4.97. The van der Waals surface area contributed by atoms with Gasteiger partial charge in [-0.05, 0) is 46.1 Å². The van der Waals surface area contributed by atoms with Crippen molar-refractivity contribution >= 4 is 5.97 Å². The lowest BCUT2D eigenvalue weighted by Gasteiger charge is -2.27. The summed E-state index contributed by atoms with van der Waals surface area (Å²) in [5.74, 6) is -0.146. The molecule has 0 aliphatic carbocycles. The highest BCUT2D eigenvalue weighted by Crippen LogP contribution is 2.33. The number of benzene rings is 1. The molecule has 2 rings (SSSR count). The molecule has 1 heterocycles. The fourth-order valence-corrected chi connectivity index (χ4v) is 2.55. The van der Waals surface area contributed by atoms with Gasteiger partial charge in [0.05, 0.1) is 0 Å². The molecule has 1 aliphatic rings. The number of rotatable bonds is 2. The topological polar surface area (TPSA) is 38.3 Å². The maximum absolute atomic E-state index is 12.1. The van der Waals surface area contributed by atoms with Crippen LogP contribution >= 0.6 is 0 Å². The van der Waals surface area contributed by atoms with Gasteiger partial charge in [-0.15, -0.1) is 0 Å². The van der Waals surface area contributed by atoms with Gasteiger partial charge >= 0.3 is 5.97 Å². The zero-order valence-corrected chi connectivity index (χ0v) is 12.2. The molecule has 3 heteroatoms. The Bertz CT molecular complexity index is 450. The van der Waals surface area contributed by atoms with E-state index >= 15 is 0 Å². The Morgan fingerprint density at radius 2 is 1.95 bits per heavy atom. The summed E-state index contributed by atoms with van der Waals surface area (Å²) in [4.78, 5) is 12.1. The molecule has 0 aromatic heterocycles. The van der Waals surface area contributed by atoms with Crippen molar-refractivity contribution in [2.45, 2.75) is 57.7 Å². The van der Waals surface area contributed by atoms with Crippen LogP contribution in [-0.4, -0.2) is 17.6 Å². The van der Waals surface area contributed by atoms with Gasteiger partial charge < -0.3 is 4.74 Å². The van der Waals surface area contributed by atoms with Crippen LogP contribution in [0.3, 0.4) is 0 Å². The predicted octanol–water partition coefficient (Wildman–Crippen LogP) is 3.00. The molecule has 1 aliphatic heterocycles. The van der Waals surface area contributed by atoms with Crippen LogP contribution in [0.15, 0.2) is 30.3 Å². The van der Waals surface area contributed by atoms with Crippen molar-refractivity contribution in [2.75, 3.05) is 0 Å². The first-order valence-electron chi connectivity index (χ1n) is 6.86. The average molecular weight is 261 g/mol. The van der Waals surface area contributed by atoms with Crippen molar-refractivity contribution in [3.05, 3.63) is 35.9 Å². The van der Waals surface area contributed by atoms with Crippen molar-refractivity contribution in [1.82, 2.24) is 5.32 Å². The molecule has 0 bridgehead atoms. The molecule has 3 nitrogen and oxygen atoms in total. The van der Waals surface area contributed by atoms with Crippen LogP contribution < -0.4 is 5.32 Å². The molecule has 2 atom stereocenters. The van der Waals surface area contributed by atoms with E-state index in [1.54, 1.807) is 0 Å². The summed E-state index contributed by atoms with van der Waals surface area (Å²) in [5.41, 5.74) is 0.661. The second-order valence-corrected chi connectivity index (χ2v) is 6.47. The largest absolute Gasteiger partial charge is 0.459 e. The number of carbonyl (C=O) groups excluding carboxylic acids is 1. The van der Waals surface area contributed by atoms with Gasteiger partial charge in [0, 0.05) is 5.54 Å². The SMILES string of the molecule is CC(C)(C)OC(=O)[C@@H]1CC[C@](C)(c2ccccc2)N1. The minimum absolute atomic E-state index is 0.136. The van der Waals surface area contributed by atoms with E-state index in [-0.39, 0.29) is 17.6 Å². The summed E-state index contributed by atoms with van der Waals surface area (Å²) in [6, 6.07) is 10.1. The summed E-state index contributed by atoms with van der Waals surface area (Å²) in [6.45, 7) is 7.84. The molecule has 0 spiro atoms. The van der Waals surface area contributed by atoms with Crippen LogP contribution in [0.2, 0.25) is 0 Å². The molecule has 0 saturated carbocycles. The number of esters is 1. The molecular weight excluding hydrogens is 238 g/mol. The Hall–Kier alpha value is -1.35. The molecular formula is C16H23NO2. The quantitative estimate of drug-likeness (QED) is 0.832. The highest BCUT2D eigenvalue weighted by atomic mass is 16.6. The minimum Gasteiger partial charge on any atom is -0.459 e. The van der Waals surface area contributed by atoms with Gasteiger partial charge in [0.1, 0.15) is 11.6 Å². The van der Waals surface area contributed by atoms with Crippen LogP contribution in [0, 0.1) is 0 Å². The number of ether oxygens (including phenoxy) is 1. The van der Waals surface area contributed by atoms with Gasteiger partial charge in [-0.3, -0.25) is 10.1 Å². The van der Waals surface area contributed by atoms with E-state index in [2.05, 4.69) is 24.4 Å². The van der Waals surface area contributed by atoms with Crippen LogP contribution in [0.1, 0.15) is 46.1 Å². The summed E-state index contributed by atoms with van der Waals surface area (Å²) in [7, 11) is 0. The average Bonchev–Trinajstić information content (AvgIpc) is 2.73. The zero-order valence-electron chi connectivity index (χ0n) is 12.2. The van der Waals surface area contributed by atoms with E-state index in [1.807, 2.05) is 39.0 Å². The summed E-state index contributed by atoms with van der Waals surface area (Å²) < 4.78 is 5.45. The Labute approximate surface area is 115 Å². The molecule has 1 aromatic rings. The van der Waals surface area contributed by atoms with Crippen LogP contribution in [0.5, 0.6) is 0 Å². The van der Waals surface area contributed by atoms with Gasteiger partial charge in [0.2, 0.25) is 0 Å². The monoisotopic (exact) mass is 261 g/mol. The maximum Gasteiger partial charge on any atom is 0.323 e. The first-order chi connectivity index (χ1) is 8.80. The Morgan fingerprint density at radius 3 is 2.53 bits per heavy atom. The Kier molecular flexibility index (Phi) is 3.68. The summed E-state index contributed by atoms with van der Waals surface area (Å²) in [5, 5.41) is 3.43. The van der Waals surface area contributed by atoms with E-state index in [1.165, 1.54) is 5.56 Å². The standard InChI is InChI=1S/C16H23NO2/c1-15(2,3)19-14(18)13-10-11-16(4,17-13)12-8-6-5-7-9-12/h5-9,13,17H,10-11H2,1-4H3/t13-,16+/m0/s1. The summed E-state index contributed by atoms with van der Waals surface area (Å²) >= 11 is 0. The van der Waals surface area contributed by atoms with E-state index in [9.17, 15) is 4.79 Å². The van der Waals surface area contributed by atoms with Gasteiger partial charge in [-0.1, -0.05) is 30.3 Å². The highest BCUT2D eigenvalue weighted by Gasteiger charge is 2.40. The number of nitrogens with one attached hydrogen (secondary N) is 1. The second-order valence-electron chi connectivity index (χ2n) is 6.47. The molecule has 0 radical (unpaired) electrons. The molecule has 0 amide bonds. The number of hydrogen-bond donors (Lipinski definition) is 1. The molecule has 1 saturated heterocycles. The number of carbonyl (C=O) groups is 1. The normalized spacial score (nSPS) is 27.3. The van der Waals surface area contributed by atoms with E-state index in [4.69, 9.17) is 4.74 Å². The molecule has 19 heavy (non-hydrogen) atoms. The molecule has 0 unspecified atom stereocenters. The van der Waals surface area contributed by atoms with Crippen molar-refractivity contribution in [1.29, 1.82) is 0 Å². The van der Waals surface area contributed by atoms with Crippen LogP contribution in [0.4, 0.5) is 0 Å². The fourth-order valence-electron chi connectivity index (χ4n) is 2.55. The highest BCUT2D eigenvalue weighted by molar-refractivity contribution is 5.76. The molecule has 104 valence electrons. The van der Waals surface area contributed by atoms with E-state index < -0.39 is 5.60 Å². The predicted molar refractivity (Wildman–Crippen MR) is 75.8 cm³/mol. The Morgan fingerprint density at radius 1 is 1.32 bits per heavy atom. The first kappa shape index (κ1) is 14.1. The lowest BCUT2D eigenvalue weighted by atomic mass is 9.91. The van der Waals surface area contributed by atoms with Crippen molar-refractivity contribution in [3.8, 4) is 0 Å². The third-order valence-corrected chi connectivity index (χ3v) is 3.53. The molecule has 1 aromatic carbocycles. The van der Waals surface area contributed by atoms with Gasteiger partial charge in [-0.2, -0.15) is 0 Å². The maximum atomic E-state index is 12.1. The molecule has 1 fully saturated rings. The van der Waals surface area contributed by atoms with Crippen molar-refractivity contribution in [3.63, 3.8) is 0 Å². The third-order valence-electron chi connectivity index (χ3n) is 3.53. The lowest BCUT2D eigenvalue weighted by molar-refractivity contribution is -0.157. The van der Waals surface area contributed by atoms with E-state index in [0.29, 0.717) is 0 Å². The zero-order chi connectivity index (χ0) is 14.1.